The zero-order valence-corrected chi connectivity index (χ0v) is 16.4. The number of phenols is 2. The summed E-state index contributed by atoms with van der Waals surface area (Å²) >= 11 is 0. The fourth-order valence-electron chi connectivity index (χ4n) is 3.04. The van der Waals surface area contributed by atoms with Crippen molar-refractivity contribution in [2.24, 2.45) is 5.73 Å². The van der Waals surface area contributed by atoms with Crippen LogP contribution in [0.25, 0.3) is 17.0 Å². The van der Waals surface area contributed by atoms with Crippen LogP contribution >= 0.6 is 0 Å². The second-order valence-corrected chi connectivity index (χ2v) is 6.13. The van der Waals surface area contributed by atoms with Gasteiger partial charge in [-0.1, -0.05) is 0 Å². The number of carbonyl (C=O) groups excluding carboxylic acids is 2. The van der Waals surface area contributed by atoms with Gasteiger partial charge in [-0.05, 0) is 30.3 Å². The van der Waals surface area contributed by atoms with Crippen molar-refractivity contribution in [3.63, 3.8) is 0 Å². The third-order valence-electron chi connectivity index (χ3n) is 4.39. The highest BCUT2D eigenvalue weighted by molar-refractivity contribution is 6.19. The molecule has 0 radical (unpaired) electrons. The minimum atomic E-state index is -0.751. The van der Waals surface area contributed by atoms with Gasteiger partial charge in [0.05, 0.1) is 26.9 Å². The first kappa shape index (κ1) is 20.6. The van der Waals surface area contributed by atoms with Crippen molar-refractivity contribution in [3.8, 4) is 28.7 Å². The van der Waals surface area contributed by atoms with Crippen molar-refractivity contribution in [1.29, 1.82) is 0 Å². The minimum absolute atomic E-state index is 0.00775. The molecule has 3 rings (SSSR count). The van der Waals surface area contributed by atoms with E-state index in [1.165, 1.54) is 51.7 Å². The Morgan fingerprint density at radius 1 is 1.03 bits per heavy atom. The molecule has 0 bridgehead atoms. The van der Waals surface area contributed by atoms with Gasteiger partial charge in [0.2, 0.25) is 17.4 Å². The molecule has 2 aromatic carbocycles. The second kappa shape index (κ2) is 8.08. The number of hydrogen-bond acceptors (Lipinski definition) is 8. The van der Waals surface area contributed by atoms with Crippen LogP contribution in [0.1, 0.15) is 21.7 Å². The predicted molar refractivity (Wildman–Crippen MR) is 107 cm³/mol. The van der Waals surface area contributed by atoms with Gasteiger partial charge in [0, 0.05) is 17.0 Å². The number of ether oxygens (including phenoxy) is 3. The zero-order chi connectivity index (χ0) is 22.0. The first-order valence-corrected chi connectivity index (χ1v) is 8.62. The first-order chi connectivity index (χ1) is 14.3. The lowest BCUT2D eigenvalue weighted by Gasteiger charge is -2.11. The minimum Gasteiger partial charge on any atom is -0.504 e. The van der Waals surface area contributed by atoms with Gasteiger partial charge in [0.1, 0.15) is 5.76 Å². The Balaban J connectivity index is 2.27. The van der Waals surface area contributed by atoms with Crippen LogP contribution in [0, 0.1) is 0 Å². The maximum atomic E-state index is 13.3. The number of aromatic hydroxyl groups is 2. The summed E-state index contributed by atoms with van der Waals surface area (Å²) in [6, 6.07) is 5.61. The van der Waals surface area contributed by atoms with Crippen LogP contribution in [0.15, 0.2) is 34.8 Å². The summed E-state index contributed by atoms with van der Waals surface area (Å²) in [5, 5.41) is 20.9. The number of ketones is 1. The maximum Gasteiger partial charge on any atom is 0.241 e. The van der Waals surface area contributed by atoms with Crippen molar-refractivity contribution in [2.75, 3.05) is 21.3 Å². The van der Waals surface area contributed by atoms with Gasteiger partial charge in [-0.2, -0.15) is 0 Å². The molecule has 0 aliphatic carbocycles. The van der Waals surface area contributed by atoms with Gasteiger partial charge in [0.25, 0.3) is 0 Å². The quantitative estimate of drug-likeness (QED) is 0.396. The molecule has 0 saturated heterocycles. The molecular weight excluding hydrogens is 394 g/mol. The van der Waals surface area contributed by atoms with Crippen LogP contribution < -0.4 is 19.9 Å². The second-order valence-electron chi connectivity index (χ2n) is 6.13. The third-order valence-corrected chi connectivity index (χ3v) is 4.39. The van der Waals surface area contributed by atoms with E-state index in [1.54, 1.807) is 0 Å². The molecule has 4 N–H and O–H groups in total. The predicted octanol–water partition coefficient (Wildman–Crippen LogP) is 2.60. The average molecular weight is 413 g/mol. The Morgan fingerprint density at radius 2 is 1.73 bits per heavy atom. The number of carbonyl (C=O) groups is 2. The summed E-state index contributed by atoms with van der Waals surface area (Å²) < 4.78 is 21.0. The lowest BCUT2D eigenvalue weighted by Crippen LogP contribution is -2.06. The van der Waals surface area contributed by atoms with Crippen molar-refractivity contribution >= 4 is 28.7 Å². The van der Waals surface area contributed by atoms with E-state index in [2.05, 4.69) is 0 Å². The van der Waals surface area contributed by atoms with E-state index in [4.69, 9.17) is 24.4 Å². The van der Waals surface area contributed by atoms with Crippen molar-refractivity contribution < 1.29 is 38.4 Å². The normalized spacial score (nSPS) is 11.0. The molecule has 1 aromatic heterocycles. The molecule has 0 saturated carbocycles. The number of fused-ring (bicyclic) bond motifs is 1. The Labute approximate surface area is 170 Å². The van der Waals surface area contributed by atoms with Gasteiger partial charge >= 0.3 is 0 Å². The smallest absolute Gasteiger partial charge is 0.241 e. The van der Waals surface area contributed by atoms with E-state index in [-0.39, 0.29) is 56.6 Å². The number of hydrogen-bond donors (Lipinski definition) is 3. The zero-order valence-electron chi connectivity index (χ0n) is 16.4. The van der Waals surface area contributed by atoms with Gasteiger partial charge in [-0.3, -0.25) is 9.59 Å². The number of primary amides is 1. The molecule has 30 heavy (non-hydrogen) atoms. The number of phenolic OH excluding ortho intramolecular Hbond substituents is 2. The van der Waals surface area contributed by atoms with E-state index < -0.39 is 11.7 Å². The van der Waals surface area contributed by atoms with Crippen molar-refractivity contribution in [1.82, 2.24) is 0 Å². The highest BCUT2D eigenvalue weighted by Crippen LogP contribution is 2.42. The van der Waals surface area contributed by atoms with E-state index >= 15 is 0 Å². The van der Waals surface area contributed by atoms with Crippen molar-refractivity contribution in [2.45, 2.75) is 0 Å². The summed E-state index contributed by atoms with van der Waals surface area (Å²) in [6.07, 6.45) is 2.25. The van der Waals surface area contributed by atoms with Crippen molar-refractivity contribution in [3.05, 3.63) is 47.2 Å². The standard InChI is InChI=1S/C21H19NO8/c1-27-14-5-4-11-17(13(6-7-16(22)24)30-20(11)19(14)26)18(25)10-8-12(23)21(29-3)15(9-10)28-2/h4-9,23,26H,1-3H3,(H2,22,24)/b7-6+. The summed E-state index contributed by atoms with van der Waals surface area (Å²) in [7, 11) is 4.09. The summed E-state index contributed by atoms with van der Waals surface area (Å²) in [6.45, 7) is 0. The SMILES string of the molecule is COc1cc(C(=O)c2c(/C=C/C(N)=O)oc3c(O)c(OC)ccc23)cc(O)c1OC. The molecular formula is C21H19NO8. The first-order valence-electron chi connectivity index (χ1n) is 8.62. The van der Waals surface area contributed by atoms with Gasteiger partial charge in [-0.15, -0.1) is 0 Å². The van der Waals surface area contributed by atoms with Gasteiger partial charge in [-0.25, -0.2) is 0 Å². The lowest BCUT2D eigenvalue weighted by atomic mass is 9.99. The Kier molecular flexibility index (Phi) is 5.54. The number of benzene rings is 2. The number of rotatable bonds is 7. The largest absolute Gasteiger partial charge is 0.504 e. The molecule has 0 fully saturated rings. The topological polar surface area (TPSA) is 141 Å². The van der Waals surface area contributed by atoms with Gasteiger partial charge < -0.3 is 34.6 Å². The molecule has 9 heteroatoms. The lowest BCUT2D eigenvalue weighted by molar-refractivity contribution is -0.113. The molecule has 0 aliphatic heterocycles. The fraction of sp³-hybridized carbons (Fsp3) is 0.143. The molecule has 0 unspecified atom stereocenters. The fourth-order valence-corrected chi connectivity index (χ4v) is 3.04. The Hall–Kier alpha value is -4.14. The van der Waals surface area contributed by atoms with E-state index in [0.29, 0.717) is 0 Å². The average Bonchev–Trinajstić information content (AvgIpc) is 3.10. The summed E-state index contributed by atoms with van der Waals surface area (Å²) in [4.78, 5) is 24.5. The number of nitrogens with two attached hydrogens (primary N) is 1. The molecule has 3 aromatic rings. The molecule has 9 nitrogen and oxygen atoms in total. The molecule has 156 valence electrons. The monoisotopic (exact) mass is 413 g/mol. The molecule has 1 heterocycles. The number of methoxy groups -OCH3 is 3. The molecule has 1 amide bonds. The molecule has 0 spiro atoms. The highest BCUT2D eigenvalue weighted by atomic mass is 16.5. The van der Waals surface area contributed by atoms with E-state index in [1.807, 2.05) is 0 Å². The van der Waals surface area contributed by atoms with Gasteiger partial charge in [0.15, 0.2) is 28.6 Å². The Bertz CT molecular complexity index is 1180. The highest BCUT2D eigenvalue weighted by Gasteiger charge is 2.26. The van der Waals surface area contributed by atoms with E-state index in [9.17, 15) is 19.8 Å². The van der Waals surface area contributed by atoms with Crippen LogP contribution in [-0.2, 0) is 4.79 Å². The number of amides is 1. The van der Waals surface area contributed by atoms with E-state index in [0.717, 1.165) is 6.08 Å². The van der Waals surface area contributed by atoms with Crippen LogP contribution in [0.5, 0.6) is 28.7 Å². The molecule has 0 aliphatic rings. The summed E-state index contributed by atoms with van der Waals surface area (Å²) in [5.41, 5.74) is 5.26. The number of furan rings is 1. The summed E-state index contributed by atoms with van der Waals surface area (Å²) in [5.74, 6) is -1.56. The van der Waals surface area contributed by atoms with Crippen LogP contribution in [0.2, 0.25) is 0 Å². The van der Waals surface area contributed by atoms with Crippen LogP contribution in [0.4, 0.5) is 0 Å². The maximum absolute atomic E-state index is 13.3. The van der Waals surface area contributed by atoms with Crippen LogP contribution in [0.3, 0.4) is 0 Å². The Morgan fingerprint density at radius 3 is 2.33 bits per heavy atom. The van der Waals surface area contributed by atoms with Crippen LogP contribution in [-0.4, -0.2) is 43.2 Å². The third kappa shape index (κ3) is 3.48. The molecule has 0 atom stereocenters.